The van der Waals surface area contributed by atoms with E-state index >= 15 is 0 Å². The van der Waals surface area contributed by atoms with Crippen LogP contribution in [-0.2, 0) is 11.2 Å². The summed E-state index contributed by atoms with van der Waals surface area (Å²) in [5, 5.41) is 8.34. The van der Waals surface area contributed by atoms with Gasteiger partial charge in [-0.1, -0.05) is 0 Å². The standard InChI is InChI=1S/C8H7F2NO2/c9-5-1-4(3-7(12)13)2-6(10)8(5)11/h1-2H,3,11H2,(H,12,13). The lowest BCUT2D eigenvalue weighted by molar-refractivity contribution is -0.136. The Kier molecular flexibility index (Phi) is 2.46. The van der Waals surface area contributed by atoms with Crippen LogP contribution in [0.5, 0.6) is 0 Å². The molecule has 3 N–H and O–H groups in total. The normalized spacial score (nSPS) is 10.0. The summed E-state index contributed by atoms with van der Waals surface area (Å²) in [6.07, 6.45) is -0.423. The van der Waals surface area contributed by atoms with Gasteiger partial charge in [-0.25, -0.2) is 8.78 Å². The molecule has 0 aliphatic rings. The second kappa shape index (κ2) is 3.38. The van der Waals surface area contributed by atoms with Crippen LogP contribution in [0.15, 0.2) is 12.1 Å². The Bertz CT molecular complexity index is 329. The lowest BCUT2D eigenvalue weighted by Crippen LogP contribution is -2.03. The Balaban J connectivity index is 3.06. The summed E-state index contributed by atoms with van der Waals surface area (Å²) in [5.41, 5.74) is 4.45. The van der Waals surface area contributed by atoms with E-state index in [0.717, 1.165) is 12.1 Å². The van der Waals surface area contributed by atoms with Gasteiger partial charge in [-0.3, -0.25) is 4.79 Å². The molecule has 0 spiro atoms. The lowest BCUT2D eigenvalue weighted by Gasteiger charge is -2.01. The second-order valence-corrected chi connectivity index (χ2v) is 2.54. The number of carboxylic acid groups (broad SMARTS) is 1. The molecule has 70 valence electrons. The van der Waals surface area contributed by atoms with Crippen LogP contribution in [-0.4, -0.2) is 11.1 Å². The Morgan fingerprint density at radius 1 is 1.38 bits per heavy atom. The van der Waals surface area contributed by atoms with Crippen LogP contribution in [0, 0.1) is 11.6 Å². The van der Waals surface area contributed by atoms with Crippen molar-refractivity contribution in [2.75, 3.05) is 5.73 Å². The van der Waals surface area contributed by atoms with Gasteiger partial charge in [-0.2, -0.15) is 0 Å². The van der Waals surface area contributed by atoms with Crippen molar-refractivity contribution < 1.29 is 18.7 Å². The molecule has 0 radical (unpaired) electrons. The van der Waals surface area contributed by atoms with Gasteiger partial charge in [0.15, 0.2) is 0 Å². The van der Waals surface area contributed by atoms with E-state index < -0.39 is 29.7 Å². The van der Waals surface area contributed by atoms with Gasteiger partial charge in [0, 0.05) is 0 Å². The van der Waals surface area contributed by atoms with Crippen molar-refractivity contribution in [3.8, 4) is 0 Å². The fourth-order valence-corrected chi connectivity index (χ4v) is 0.913. The van der Waals surface area contributed by atoms with Gasteiger partial charge in [-0.05, 0) is 17.7 Å². The van der Waals surface area contributed by atoms with Crippen LogP contribution in [0.4, 0.5) is 14.5 Å². The van der Waals surface area contributed by atoms with Gasteiger partial charge in [-0.15, -0.1) is 0 Å². The van der Waals surface area contributed by atoms with Crippen LogP contribution >= 0.6 is 0 Å². The zero-order valence-electron chi connectivity index (χ0n) is 6.55. The number of nitrogen functional groups attached to an aromatic ring is 1. The van der Waals surface area contributed by atoms with Crippen LogP contribution in [0.2, 0.25) is 0 Å². The summed E-state index contributed by atoms with van der Waals surface area (Å²) >= 11 is 0. The minimum absolute atomic E-state index is 0.0525. The molecule has 1 aromatic rings. The molecule has 1 rings (SSSR count). The molecule has 1 aromatic carbocycles. The molecule has 5 heteroatoms. The van der Waals surface area contributed by atoms with E-state index in [2.05, 4.69) is 0 Å². The van der Waals surface area contributed by atoms with E-state index in [9.17, 15) is 13.6 Å². The molecule has 0 atom stereocenters. The van der Waals surface area contributed by atoms with Crippen molar-refractivity contribution in [2.45, 2.75) is 6.42 Å². The fraction of sp³-hybridized carbons (Fsp3) is 0.125. The average molecular weight is 187 g/mol. The molecular formula is C8H7F2NO2. The zero-order valence-corrected chi connectivity index (χ0v) is 6.55. The minimum atomic E-state index is -1.15. The number of anilines is 1. The number of carboxylic acids is 1. The molecular weight excluding hydrogens is 180 g/mol. The van der Waals surface area contributed by atoms with E-state index in [1.165, 1.54) is 0 Å². The number of aliphatic carboxylic acids is 1. The molecule has 0 aromatic heterocycles. The first-order chi connectivity index (χ1) is 6.00. The zero-order chi connectivity index (χ0) is 10.0. The quantitative estimate of drug-likeness (QED) is 0.683. The Labute approximate surface area is 72.8 Å². The molecule has 13 heavy (non-hydrogen) atoms. The van der Waals surface area contributed by atoms with Crippen LogP contribution in [0.3, 0.4) is 0 Å². The maximum absolute atomic E-state index is 12.7. The lowest BCUT2D eigenvalue weighted by atomic mass is 10.1. The highest BCUT2D eigenvalue weighted by atomic mass is 19.1. The smallest absolute Gasteiger partial charge is 0.307 e. The molecule has 0 bridgehead atoms. The van der Waals surface area contributed by atoms with Gasteiger partial charge < -0.3 is 10.8 Å². The maximum atomic E-state index is 12.7. The number of hydrogen-bond donors (Lipinski definition) is 2. The summed E-state index contributed by atoms with van der Waals surface area (Å²) in [5.74, 6) is -3.02. The number of carbonyl (C=O) groups is 1. The number of benzene rings is 1. The number of halogens is 2. The van der Waals surface area contributed by atoms with E-state index in [-0.39, 0.29) is 5.56 Å². The van der Waals surface area contributed by atoms with Gasteiger partial charge in [0.1, 0.15) is 17.3 Å². The highest BCUT2D eigenvalue weighted by Gasteiger charge is 2.09. The number of nitrogens with two attached hydrogens (primary N) is 1. The highest BCUT2D eigenvalue weighted by molar-refractivity contribution is 5.70. The summed E-state index contributed by atoms with van der Waals surface area (Å²) in [4.78, 5) is 10.2. The molecule has 0 amide bonds. The number of hydrogen-bond acceptors (Lipinski definition) is 2. The fourth-order valence-electron chi connectivity index (χ4n) is 0.913. The summed E-state index contributed by atoms with van der Waals surface area (Å²) in [6.45, 7) is 0. The predicted molar refractivity (Wildman–Crippen MR) is 42.1 cm³/mol. The Morgan fingerprint density at radius 2 is 1.85 bits per heavy atom. The van der Waals surface area contributed by atoms with E-state index in [1.807, 2.05) is 0 Å². The van der Waals surface area contributed by atoms with Crippen LogP contribution in [0.1, 0.15) is 5.56 Å². The van der Waals surface area contributed by atoms with Crippen LogP contribution in [0.25, 0.3) is 0 Å². The molecule has 0 heterocycles. The third kappa shape index (κ3) is 2.14. The summed E-state index contributed by atoms with van der Waals surface area (Å²) < 4.78 is 25.5. The first-order valence-corrected chi connectivity index (χ1v) is 3.46. The minimum Gasteiger partial charge on any atom is -0.481 e. The number of rotatable bonds is 2. The highest BCUT2D eigenvalue weighted by Crippen LogP contribution is 2.17. The van der Waals surface area contributed by atoms with Crippen molar-refractivity contribution in [2.24, 2.45) is 0 Å². The van der Waals surface area contributed by atoms with E-state index in [4.69, 9.17) is 10.8 Å². The molecule has 0 unspecified atom stereocenters. The summed E-state index contributed by atoms with van der Waals surface area (Å²) in [7, 11) is 0. The van der Waals surface area contributed by atoms with Gasteiger partial charge in [0.2, 0.25) is 0 Å². The summed E-state index contributed by atoms with van der Waals surface area (Å²) in [6, 6.07) is 1.82. The van der Waals surface area contributed by atoms with Crippen molar-refractivity contribution in [1.29, 1.82) is 0 Å². The molecule has 0 aliphatic carbocycles. The largest absolute Gasteiger partial charge is 0.481 e. The van der Waals surface area contributed by atoms with Gasteiger partial charge in [0.25, 0.3) is 0 Å². The third-order valence-electron chi connectivity index (χ3n) is 1.49. The second-order valence-electron chi connectivity index (χ2n) is 2.54. The maximum Gasteiger partial charge on any atom is 0.307 e. The SMILES string of the molecule is Nc1c(F)cc(CC(=O)O)cc1F. The van der Waals surface area contributed by atoms with Gasteiger partial charge in [0.05, 0.1) is 6.42 Å². The Morgan fingerprint density at radius 3 is 2.23 bits per heavy atom. The molecule has 0 saturated carbocycles. The molecule has 0 fully saturated rings. The Hall–Kier alpha value is -1.65. The molecule has 0 saturated heterocycles. The third-order valence-corrected chi connectivity index (χ3v) is 1.49. The molecule has 0 aliphatic heterocycles. The topological polar surface area (TPSA) is 63.3 Å². The first-order valence-electron chi connectivity index (χ1n) is 3.46. The van der Waals surface area contributed by atoms with E-state index in [0.29, 0.717) is 0 Å². The van der Waals surface area contributed by atoms with E-state index in [1.54, 1.807) is 0 Å². The van der Waals surface area contributed by atoms with Crippen LogP contribution < -0.4 is 5.73 Å². The van der Waals surface area contributed by atoms with Gasteiger partial charge >= 0.3 is 5.97 Å². The van der Waals surface area contributed by atoms with Crippen molar-refractivity contribution in [3.05, 3.63) is 29.3 Å². The monoisotopic (exact) mass is 187 g/mol. The van der Waals surface area contributed by atoms with Crippen molar-refractivity contribution in [3.63, 3.8) is 0 Å². The average Bonchev–Trinajstić information content (AvgIpc) is 1.98. The van der Waals surface area contributed by atoms with Crippen molar-refractivity contribution >= 4 is 11.7 Å². The van der Waals surface area contributed by atoms with Crippen molar-refractivity contribution in [1.82, 2.24) is 0 Å². The predicted octanol–water partition coefficient (Wildman–Crippen LogP) is 1.17. The first kappa shape index (κ1) is 9.44. The molecule has 3 nitrogen and oxygen atoms in total.